The molecule has 0 bridgehead atoms. The number of carboxylic acids is 1. The maximum absolute atomic E-state index is 14.4. The van der Waals surface area contributed by atoms with Crippen molar-refractivity contribution in [3.63, 3.8) is 0 Å². The molecule has 5 rings (SSSR count). The number of aromatic nitrogens is 2. The van der Waals surface area contributed by atoms with Crippen LogP contribution in [0.4, 0.5) is 4.39 Å². The Hall–Kier alpha value is -3.26. The number of ether oxygens (including phenoxy) is 1. The Kier molecular flexibility index (Phi) is 8.31. The Morgan fingerprint density at radius 2 is 1.77 bits per heavy atom. The van der Waals surface area contributed by atoms with E-state index in [4.69, 9.17) is 9.72 Å². The number of methoxy groups -OCH3 is 1. The topological polar surface area (TPSA) is 93.5 Å². The van der Waals surface area contributed by atoms with E-state index in [1.807, 2.05) is 34.9 Å². The van der Waals surface area contributed by atoms with Gasteiger partial charge in [0, 0.05) is 13.2 Å². The van der Waals surface area contributed by atoms with Gasteiger partial charge in [-0.15, -0.1) is 0 Å². The maximum Gasteiger partial charge on any atom is 0.305 e. The van der Waals surface area contributed by atoms with Gasteiger partial charge in [-0.05, 0) is 49.3 Å². The van der Waals surface area contributed by atoms with Gasteiger partial charge in [0.2, 0.25) is 5.91 Å². The third-order valence-electron chi connectivity index (χ3n) is 8.58. The maximum atomic E-state index is 14.4. The van der Waals surface area contributed by atoms with E-state index in [0.717, 1.165) is 56.9 Å². The summed E-state index contributed by atoms with van der Waals surface area (Å²) in [4.78, 5) is 31.2. The fraction of sp³-hybridized carbons (Fsp3) is 0.516. The summed E-state index contributed by atoms with van der Waals surface area (Å²) in [5.74, 6) is -0.893. The first kappa shape index (κ1) is 27.3. The summed E-state index contributed by atoms with van der Waals surface area (Å²) in [6.07, 6.45) is 8.40. The number of nitrogens with one attached hydrogen (secondary N) is 1. The molecule has 2 aliphatic rings. The minimum Gasteiger partial charge on any atom is -0.481 e. The molecule has 2 saturated carbocycles. The summed E-state index contributed by atoms with van der Waals surface area (Å²) in [7, 11) is 1.61. The molecule has 2 fully saturated rings. The van der Waals surface area contributed by atoms with Crippen molar-refractivity contribution in [1.29, 1.82) is 0 Å². The van der Waals surface area contributed by atoms with Crippen LogP contribution in [0.25, 0.3) is 11.0 Å². The summed E-state index contributed by atoms with van der Waals surface area (Å²) in [6.45, 7) is 0. The molecule has 3 aromatic rings. The van der Waals surface area contributed by atoms with Crippen LogP contribution >= 0.6 is 0 Å². The quantitative estimate of drug-likeness (QED) is 0.334. The minimum atomic E-state index is -0.904. The van der Waals surface area contributed by atoms with Crippen LogP contribution in [0.3, 0.4) is 0 Å². The number of hydrogen-bond acceptors (Lipinski definition) is 4. The Balaban J connectivity index is 1.65. The fourth-order valence-corrected chi connectivity index (χ4v) is 6.78. The first-order valence-corrected chi connectivity index (χ1v) is 14.2. The molecule has 1 aromatic heterocycles. The number of nitrogens with zero attached hydrogens (tertiary/aromatic N) is 2. The molecule has 2 unspecified atom stereocenters. The monoisotopic (exact) mass is 535 g/mol. The lowest BCUT2D eigenvalue weighted by atomic mass is 9.78. The predicted octanol–water partition coefficient (Wildman–Crippen LogP) is 6.33. The van der Waals surface area contributed by atoms with E-state index in [9.17, 15) is 19.1 Å². The van der Waals surface area contributed by atoms with Crippen molar-refractivity contribution in [2.45, 2.75) is 88.3 Å². The largest absolute Gasteiger partial charge is 0.481 e. The highest BCUT2D eigenvalue weighted by Crippen LogP contribution is 2.40. The number of carboxylic acid groups (broad SMARTS) is 1. The number of carbonyl (C=O) groups excluding carboxylic acids is 1. The van der Waals surface area contributed by atoms with Crippen molar-refractivity contribution in [2.75, 3.05) is 7.11 Å². The zero-order chi connectivity index (χ0) is 27.4. The third-order valence-corrected chi connectivity index (χ3v) is 8.58. The van der Waals surface area contributed by atoms with Crippen molar-refractivity contribution in [1.82, 2.24) is 14.9 Å². The SMILES string of the molecule is COC(c1ccccc1)c1nc2cc(F)ccc2n1C(C(=O)NC1(CC(=O)O)CCCCC1)C1CCCCC1. The van der Waals surface area contributed by atoms with Gasteiger partial charge < -0.3 is 19.7 Å². The third kappa shape index (κ3) is 5.86. The van der Waals surface area contributed by atoms with Gasteiger partial charge in [-0.2, -0.15) is 0 Å². The molecule has 2 atom stereocenters. The molecule has 0 aliphatic heterocycles. The first-order chi connectivity index (χ1) is 18.9. The smallest absolute Gasteiger partial charge is 0.305 e. The Morgan fingerprint density at radius 3 is 2.44 bits per heavy atom. The minimum absolute atomic E-state index is 0.0405. The lowest BCUT2D eigenvalue weighted by Crippen LogP contribution is -2.54. The fourth-order valence-electron chi connectivity index (χ4n) is 6.78. The number of benzene rings is 2. The van der Waals surface area contributed by atoms with Crippen LogP contribution in [0.15, 0.2) is 48.5 Å². The molecule has 2 aliphatic carbocycles. The van der Waals surface area contributed by atoms with Crippen LogP contribution < -0.4 is 5.32 Å². The number of amides is 1. The second kappa shape index (κ2) is 11.9. The van der Waals surface area contributed by atoms with Gasteiger partial charge in [-0.3, -0.25) is 9.59 Å². The molecule has 0 radical (unpaired) electrons. The van der Waals surface area contributed by atoms with Gasteiger partial charge in [-0.25, -0.2) is 9.37 Å². The van der Waals surface area contributed by atoms with Crippen LogP contribution in [0, 0.1) is 11.7 Å². The molecule has 2 N–H and O–H groups in total. The highest BCUT2D eigenvalue weighted by molar-refractivity contribution is 5.86. The number of rotatable bonds is 9. The average molecular weight is 536 g/mol. The van der Waals surface area contributed by atoms with Crippen molar-refractivity contribution >= 4 is 22.9 Å². The molecular weight excluding hydrogens is 497 g/mol. The summed E-state index contributed by atoms with van der Waals surface area (Å²) in [5.41, 5.74) is 1.26. The van der Waals surface area contributed by atoms with E-state index in [-0.39, 0.29) is 18.2 Å². The molecule has 208 valence electrons. The molecule has 7 nitrogen and oxygen atoms in total. The van der Waals surface area contributed by atoms with Gasteiger partial charge in [0.1, 0.15) is 23.8 Å². The molecule has 0 spiro atoms. The number of aliphatic carboxylic acids is 1. The van der Waals surface area contributed by atoms with E-state index >= 15 is 0 Å². The van der Waals surface area contributed by atoms with Gasteiger partial charge in [-0.1, -0.05) is 68.9 Å². The highest BCUT2D eigenvalue weighted by atomic mass is 19.1. The number of carbonyl (C=O) groups is 2. The summed E-state index contributed by atoms with van der Waals surface area (Å²) < 4.78 is 22.3. The number of fused-ring (bicyclic) bond motifs is 1. The van der Waals surface area contributed by atoms with E-state index in [1.165, 1.54) is 12.1 Å². The zero-order valence-electron chi connectivity index (χ0n) is 22.6. The van der Waals surface area contributed by atoms with Crippen molar-refractivity contribution in [2.24, 2.45) is 5.92 Å². The number of imidazole rings is 1. The van der Waals surface area contributed by atoms with Gasteiger partial charge in [0.25, 0.3) is 0 Å². The molecule has 8 heteroatoms. The standard InChI is InChI=1S/C31H38FN3O4/c1-39-28(22-13-7-3-8-14-22)29-33-24-19-23(32)15-16-25(24)35(29)27(21-11-5-2-6-12-21)30(38)34-31(20-26(36)37)17-9-4-10-18-31/h3,7-8,13-16,19,21,27-28H,2,4-6,9-12,17-18,20H2,1H3,(H,34,38)(H,36,37). The first-order valence-electron chi connectivity index (χ1n) is 14.2. The average Bonchev–Trinajstić information content (AvgIpc) is 3.28. The molecule has 39 heavy (non-hydrogen) atoms. The van der Waals surface area contributed by atoms with Gasteiger partial charge >= 0.3 is 5.97 Å². The molecule has 0 saturated heterocycles. The van der Waals surface area contributed by atoms with E-state index < -0.39 is 29.5 Å². The normalized spacial score (nSPS) is 19.4. The molecular formula is C31H38FN3O4. The van der Waals surface area contributed by atoms with Crippen molar-refractivity contribution < 1.29 is 23.8 Å². The van der Waals surface area contributed by atoms with E-state index in [2.05, 4.69) is 5.32 Å². The van der Waals surface area contributed by atoms with Crippen LogP contribution in [-0.4, -0.2) is 39.2 Å². The lowest BCUT2D eigenvalue weighted by molar-refractivity contribution is -0.140. The van der Waals surface area contributed by atoms with E-state index in [0.29, 0.717) is 29.7 Å². The molecule has 1 amide bonds. The van der Waals surface area contributed by atoms with Crippen LogP contribution in [-0.2, 0) is 14.3 Å². The summed E-state index contributed by atoms with van der Waals surface area (Å²) in [5, 5.41) is 13.0. The Labute approximate surface area is 228 Å². The second-order valence-corrected chi connectivity index (χ2v) is 11.2. The van der Waals surface area contributed by atoms with Crippen LogP contribution in [0.2, 0.25) is 0 Å². The van der Waals surface area contributed by atoms with Gasteiger partial charge in [0.05, 0.1) is 23.0 Å². The Morgan fingerprint density at radius 1 is 1.08 bits per heavy atom. The molecule has 2 aromatic carbocycles. The second-order valence-electron chi connectivity index (χ2n) is 11.2. The number of halogens is 1. The van der Waals surface area contributed by atoms with Crippen molar-refractivity contribution in [3.05, 3.63) is 65.7 Å². The highest BCUT2D eigenvalue weighted by Gasteiger charge is 2.41. The summed E-state index contributed by atoms with van der Waals surface area (Å²) >= 11 is 0. The summed E-state index contributed by atoms with van der Waals surface area (Å²) in [6, 6.07) is 13.6. The van der Waals surface area contributed by atoms with Crippen LogP contribution in [0.5, 0.6) is 0 Å². The zero-order valence-corrected chi connectivity index (χ0v) is 22.6. The van der Waals surface area contributed by atoms with Crippen LogP contribution in [0.1, 0.15) is 94.2 Å². The van der Waals surface area contributed by atoms with E-state index in [1.54, 1.807) is 13.2 Å². The van der Waals surface area contributed by atoms with Crippen molar-refractivity contribution in [3.8, 4) is 0 Å². The predicted molar refractivity (Wildman–Crippen MR) is 147 cm³/mol. The Bertz CT molecular complexity index is 1300. The lowest BCUT2D eigenvalue weighted by Gasteiger charge is -2.40. The number of hydrogen-bond donors (Lipinski definition) is 2. The van der Waals surface area contributed by atoms with Gasteiger partial charge in [0.15, 0.2) is 0 Å². The molecule has 1 heterocycles.